The van der Waals surface area contributed by atoms with Crippen LogP contribution < -0.4 is 15.0 Å². The Hall–Kier alpha value is -3.65. The van der Waals surface area contributed by atoms with Crippen molar-refractivity contribution in [2.75, 3.05) is 33.2 Å². The van der Waals surface area contributed by atoms with Crippen molar-refractivity contribution in [3.8, 4) is 5.75 Å². The number of likely N-dealkylation sites (N-methyl/N-ethyl adjacent to an activating group) is 1. The molecule has 0 radical (unpaired) electrons. The standard InChI is InChI=1S/C38H54ClN3O10/c1-21-12-11-13-29(49-10)38(47)20-28(51-36(46)40-38)22(2)33-34(52-33)27(50-35(45)23(3)41(7)30(43)14-15-37(4,5)6)19-31(44)42(8)25-17-24(16-21)18-26(48-9)32(25)39/h11-13,17-18,22-23,27-29,33-34,47H,14-16,19-20H2,1-10H3,(H,40,46)/b13-11+,21-12+/t22-,23+,27+,28+,29-,33+,34+,38+/m1/s1. The summed E-state index contributed by atoms with van der Waals surface area (Å²) in [5, 5.41) is 14.4. The number of hydrogen-bond acceptors (Lipinski definition) is 10. The molecule has 3 aliphatic heterocycles. The normalized spacial score (nSPS) is 30.5. The van der Waals surface area contributed by atoms with E-state index in [4.69, 9.17) is 35.3 Å². The highest BCUT2D eigenvalue weighted by atomic mass is 35.5. The third-order valence-corrected chi connectivity index (χ3v) is 10.5. The zero-order valence-corrected chi connectivity index (χ0v) is 32.6. The van der Waals surface area contributed by atoms with Crippen molar-refractivity contribution in [2.24, 2.45) is 11.3 Å². The first-order valence-electron chi connectivity index (χ1n) is 17.6. The van der Waals surface area contributed by atoms with Crippen LogP contribution in [0.25, 0.3) is 0 Å². The van der Waals surface area contributed by atoms with Gasteiger partial charge in [-0.05, 0) is 49.8 Å². The number of rotatable bonds is 7. The Labute approximate surface area is 311 Å². The number of aliphatic hydroxyl groups is 1. The summed E-state index contributed by atoms with van der Waals surface area (Å²) in [6.07, 6.45) is 1.32. The van der Waals surface area contributed by atoms with Crippen LogP contribution in [0.4, 0.5) is 10.5 Å². The van der Waals surface area contributed by atoms with Gasteiger partial charge in [0, 0.05) is 40.0 Å². The van der Waals surface area contributed by atoms with Crippen LogP contribution in [0.5, 0.6) is 5.75 Å². The first-order chi connectivity index (χ1) is 24.3. The fraction of sp³-hybridized carbons (Fsp3) is 0.632. The molecule has 3 amide bonds. The fourth-order valence-electron chi connectivity index (χ4n) is 6.51. The van der Waals surface area contributed by atoms with Gasteiger partial charge in [0.2, 0.25) is 11.8 Å². The van der Waals surface area contributed by atoms with E-state index in [9.17, 15) is 24.3 Å². The van der Waals surface area contributed by atoms with Gasteiger partial charge in [0.05, 0.1) is 25.3 Å². The molecular formula is C38H54ClN3O10. The van der Waals surface area contributed by atoms with E-state index in [1.807, 2.05) is 33.8 Å². The highest BCUT2D eigenvalue weighted by Gasteiger charge is 2.56. The molecule has 2 N–H and O–H groups in total. The Kier molecular flexibility index (Phi) is 13.1. The Bertz CT molecular complexity index is 1570. The van der Waals surface area contributed by atoms with Crippen LogP contribution in [0, 0.1) is 11.3 Å². The van der Waals surface area contributed by atoms with E-state index in [1.165, 1.54) is 24.0 Å². The van der Waals surface area contributed by atoms with E-state index >= 15 is 0 Å². The maximum Gasteiger partial charge on any atom is 0.409 e. The van der Waals surface area contributed by atoms with E-state index < -0.39 is 66.2 Å². The maximum absolute atomic E-state index is 14.0. The number of methoxy groups -OCH3 is 2. The summed E-state index contributed by atoms with van der Waals surface area (Å²) in [7, 11) is 6.06. The molecule has 14 heteroatoms. The summed E-state index contributed by atoms with van der Waals surface area (Å²) in [6.45, 7) is 11.4. The zero-order chi connectivity index (χ0) is 38.7. The number of halogens is 1. The van der Waals surface area contributed by atoms with Gasteiger partial charge in [-0.2, -0.15) is 0 Å². The molecular weight excluding hydrogens is 694 g/mol. The monoisotopic (exact) mass is 747 g/mol. The van der Waals surface area contributed by atoms with Gasteiger partial charge in [-0.1, -0.05) is 63.1 Å². The van der Waals surface area contributed by atoms with Crippen molar-refractivity contribution >= 4 is 41.2 Å². The predicted octanol–water partition coefficient (Wildman–Crippen LogP) is 4.95. The number of amides is 3. The lowest BCUT2D eigenvalue weighted by atomic mass is 9.87. The number of benzene rings is 1. The molecule has 0 aromatic heterocycles. The number of epoxide rings is 1. The average molecular weight is 748 g/mol. The van der Waals surface area contributed by atoms with Gasteiger partial charge in [-0.3, -0.25) is 14.9 Å². The number of alkyl carbamates (subject to hydrolysis) is 1. The molecule has 2 fully saturated rings. The quantitative estimate of drug-likeness (QED) is 0.289. The lowest BCUT2D eigenvalue weighted by Crippen LogP contribution is -2.63. The van der Waals surface area contributed by atoms with Crippen LogP contribution in [0.15, 0.2) is 35.9 Å². The van der Waals surface area contributed by atoms with E-state index in [2.05, 4.69) is 5.32 Å². The molecule has 8 atom stereocenters. The molecule has 0 unspecified atom stereocenters. The minimum Gasteiger partial charge on any atom is -0.495 e. The lowest BCUT2D eigenvalue weighted by Gasteiger charge is -2.41. The number of carbonyl (C=O) groups excluding carboxylic acids is 4. The number of fused-ring (bicyclic) bond motifs is 5. The van der Waals surface area contributed by atoms with Crippen molar-refractivity contribution in [1.29, 1.82) is 0 Å². The van der Waals surface area contributed by atoms with Crippen LogP contribution in [0.2, 0.25) is 5.02 Å². The maximum atomic E-state index is 14.0. The third-order valence-electron chi connectivity index (χ3n) is 10.1. The molecule has 4 bridgehead atoms. The smallest absolute Gasteiger partial charge is 0.409 e. The van der Waals surface area contributed by atoms with Crippen molar-refractivity contribution in [2.45, 2.75) is 116 Å². The summed E-state index contributed by atoms with van der Waals surface area (Å²) in [5.41, 5.74) is 0.275. The van der Waals surface area contributed by atoms with Gasteiger partial charge in [-0.15, -0.1) is 0 Å². The highest BCUT2D eigenvalue weighted by molar-refractivity contribution is 6.35. The van der Waals surface area contributed by atoms with E-state index in [0.29, 0.717) is 24.3 Å². The molecule has 0 aliphatic carbocycles. The number of carbonyl (C=O) groups is 4. The number of nitrogens with zero attached hydrogens (tertiary/aromatic N) is 2. The second kappa shape index (κ2) is 16.6. The van der Waals surface area contributed by atoms with Crippen LogP contribution in [-0.4, -0.2) is 104 Å². The van der Waals surface area contributed by atoms with Crippen LogP contribution >= 0.6 is 11.6 Å². The molecule has 3 aliphatic rings. The van der Waals surface area contributed by atoms with Gasteiger partial charge >= 0.3 is 12.1 Å². The Morgan fingerprint density at radius 3 is 2.54 bits per heavy atom. The first kappa shape index (κ1) is 41.1. The number of esters is 1. The molecule has 4 rings (SSSR count). The van der Waals surface area contributed by atoms with Gasteiger partial charge in [-0.25, -0.2) is 9.59 Å². The van der Waals surface area contributed by atoms with E-state index in [-0.39, 0.29) is 35.6 Å². The second-order valence-electron chi connectivity index (χ2n) is 15.4. The summed E-state index contributed by atoms with van der Waals surface area (Å²) >= 11 is 6.74. The summed E-state index contributed by atoms with van der Waals surface area (Å²) < 4.78 is 28.9. The minimum atomic E-state index is -1.81. The van der Waals surface area contributed by atoms with Gasteiger partial charge < -0.3 is 38.6 Å². The van der Waals surface area contributed by atoms with E-state index in [0.717, 1.165) is 11.1 Å². The molecule has 3 heterocycles. The van der Waals surface area contributed by atoms with Gasteiger partial charge in [0.1, 0.15) is 41.2 Å². The van der Waals surface area contributed by atoms with Crippen LogP contribution in [0.3, 0.4) is 0 Å². The number of hydrogen-bond donors (Lipinski definition) is 2. The highest BCUT2D eigenvalue weighted by Crippen LogP contribution is 2.41. The first-order valence-corrected chi connectivity index (χ1v) is 18.0. The Morgan fingerprint density at radius 2 is 1.90 bits per heavy atom. The molecule has 1 aromatic carbocycles. The number of allylic oxidation sites excluding steroid dienone is 3. The molecule has 52 heavy (non-hydrogen) atoms. The summed E-state index contributed by atoms with van der Waals surface area (Å²) in [5.74, 6) is -1.43. The largest absolute Gasteiger partial charge is 0.495 e. The number of anilines is 1. The zero-order valence-electron chi connectivity index (χ0n) is 31.9. The number of nitrogens with one attached hydrogen (secondary N) is 1. The van der Waals surface area contributed by atoms with Crippen LogP contribution in [0.1, 0.15) is 72.8 Å². The topological polar surface area (TPSA) is 156 Å². The predicted molar refractivity (Wildman–Crippen MR) is 195 cm³/mol. The fourth-order valence-corrected chi connectivity index (χ4v) is 6.82. The molecule has 13 nitrogen and oxygen atoms in total. The molecule has 2 saturated heterocycles. The van der Waals surface area contributed by atoms with Gasteiger partial charge in [0.15, 0.2) is 5.72 Å². The van der Waals surface area contributed by atoms with E-state index in [1.54, 1.807) is 52.2 Å². The molecule has 0 saturated carbocycles. The molecule has 0 spiro atoms. The summed E-state index contributed by atoms with van der Waals surface area (Å²) in [6, 6.07) is 2.65. The number of ether oxygens (including phenoxy) is 5. The SMILES string of the molecule is COc1cc2cc(c1Cl)N(C)C(=O)C[C@H](OC(=O)[C@H](C)N(C)C(=O)CCC(C)(C)C)[C@@H]1O[C@H]1[C@H](C)[C@@H]1C[C@@](O)(NC(=O)O1)[C@H](OC)/C=C/C=C(\C)C2. The average Bonchev–Trinajstić information content (AvgIpc) is 3.87. The Morgan fingerprint density at radius 1 is 1.21 bits per heavy atom. The van der Waals surface area contributed by atoms with Crippen molar-refractivity contribution in [3.63, 3.8) is 0 Å². The minimum absolute atomic E-state index is 0.0349. The van der Waals surface area contributed by atoms with Crippen molar-refractivity contribution in [1.82, 2.24) is 10.2 Å². The van der Waals surface area contributed by atoms with Crippen molar-refractivity contribution < 1.29 is 48.0 Å². The van der Waals surface area contributed by atoms with Crippen molar-refractivity contribution in [3.05, 3.63) is 46.5 Å². The van der Waals surface area contributed by atoms with Crippen LogP contribution in [-0.2, 0) is 39.8 Å². The third kappa shape index (κ3) is 9.85. The summed E-state index contributed by atoms with van der Waals surface area (Å²) in [4.78, 5) is 56.1. The Balaban J connectivity index is 1.70. The lowest BCUT2D eigenvalue weighted by molar-refractivity contribution is -0.160. The molecule has 1 aromatic rings. The van der Waals surface area contributed by atoms with Gasteiger partial charge in [0.25, 0.3) is 0 Å². The molecule has 288 valence electrons. The second-order valence-corrected chi connectivity index (χ2v) is 15.7.